The number of hydrogen-bond donors (Lipinski definition) is 1. The molecule has 1 N–H and O–H groups in total. The Morgan fingerprint density at radius 1 is 1.38 bits per heavy atom. The van der Waals surface area contributed by atoms with Crippen LogP contribution in [0.5, 0.6) is 0 Å². The van der Waals surface area contributed by atoms with Gasteiger partial charge in [0.15, 0.2) is 0 Å². The lowest BCUT2D eigenvalue weighted by atomic mass is 10.1. The van der Waals surface area contributed by atoms with Gasteiger partial charge < -0.3 is 10.2 Å². The average Bonchev–Trinajstić information content (AvgIpc) is 2.25. The van der Waals surface area contributed by atoms with E-state index in [9.17, 15) is 4.79 Å². The van der Waals surface area contributed by atoms with Crippen LogP contribution in [0.4, 0.5) is 0 Å². The smallest absolute Gasteiger partial charge is 0.224 e. The lowest BCUT2D eigenvalue weighted by Gasteiger charge is -2.09. The van der Waals surface area contributed by atoms with Crippen LogP contribution in [0.15, 0.2) is 24.3 Å². The molecule has 1 rings (SSSR count). The van der Waals surface area contributed by atoms with E-state index < -0.39 is 0 Å². The first-order valence-electron chi connectivity index (χ1n) is 5.55. The highest BCUT2D eigenvalue weighted by atomic mass is 16.1. The minimum Gasteiger partial charge on any atom is -0.356 e. The van der Waals surface area contributed by atoms with Crippen LogP contribution in [-0.4, -0.2) is 38.0 Å². The second kappa shape index (κ2) is 7.01. The minimum atomic E-state index is 0.0879. The van der Waals surface area contributed by atoms with Gasteiger partial charge in [-0.25, -0.2) is 0 Å². The van der Waals surface area contributed by atoms with Crippen molar-refractivity contribution < 1.29 is 4.79 Å². The summed E-state index contributed by atoms with van der Waals surface area (Å²) >= 11 is 0. The van der Waals surface area contributed by atoms with E-state index in [1.807, 2.05) is 38.4 Å². The Bertz CT molecular complexity index is 309. The first kappa shape index (κ1) is 12.7. The Kier molecular flexibility index (Phi) is 5.57. The summed E-state index contributed by atoms with van der Waals surface area (Å²) in [6.07, 6.45) is 1.44. The van der Waals surface area contributed by atoms with E-state index in [-0.39, 0.29) is 5.91 Å². The van der Waals surface area contributed by atoms with Gasteiger partial charge in [0.05, 0.1) is 6.42 Å². The summed E-state index contributed by atoms with van der Waals surface area (Å²) < 4.78 is 0. The van der Waals surface area contributed by atoms with Gasteiger partial charge in [-0.1, -0.05) is 24.3 Å². The Hall–Kier alpha value is -1.35. The molecule has 87 valence electrons. The van der Waals surface area contributed by atoms with Gasteiger partial charge in [0, 0.05) is 6.54 Å². The van der Waals surface area contributed by atoms with E-state index in [0.29, 0.717) is 6.42 Å². The highest BCUT2D eigenvalue weighted by Crippen LogP contribution is 1.98. The van der Waals surface area contributed by atoms with Crippen LogP contribution in [0.1, 0.15) is 12.0 Å². The number of rotatable bonds is 6. The van der Waals surface area contributed by atoms with E-state index in [4.69, 9.17) is 0 Å². The molecule has 0 unspecified atom stereocenters. The molecule has 0 aliphatic heterocycles. The van der Waals surface area contributed by atoms with E-state index in [2.05, 4.69) is 16.3 Å². The third-order valence-electron chi connectivity index (χ3n) is 2.26. The topological polar surface area (TPSA) is 32.3 Å². The van der Waals surface area contributed by atoms with Crippen LogP contribution in [0.25, 0.3) is 0 Å². The summed E-state index contributed by atoms with van der Waals surface area (Å²) in [5, 5.41) is 2.91. The van der Waals surface area contributed by atoms with Crippen molar-refractivity contribution in [3.63, 3.8) is 0 Å². The SMILES string of the molecule is CN(C)CCCNC(=O)Cc1cc[c]cc1. The summed E-state index contributed by atoms with van der Waals surface area (Å²) in [6, 6.07) is 10.4. The first-order valence-corrected chi connectivity index (χ1v) is 5.55. The fraction of sp³-hybridized carbons (Fsp3) is 0.462. The average molecular weight is 219 g/mol. The molecule has 1 aromatic rings. The van der Waals surface area contributed by atoms with Gasteiger partial charge in [-0.3, -0.25) is 4.79 Å². The summed E-state index contributed by atoms with van der Waals surface area (Å²) in [4.78, 5) is 13.6. The van der Waals surface area contributed by atoms with Crippen LogP contribution in [-0.2, 0) is 11.2 Å². The standard InChI is InChI=1S/C13H19N2O/c1-15(2)10-6-9-14-13(16)11-12-7-4-3-5-8-12/h4-5,7-8H,6,9-11H2,1-2H3,(H,14,16). The zero-order valence-electron chi connectivity index (χ0n) is 9.99. The van der Waals surface area contributed by atoms with Crippen molar-refractivity contribution >= 4 is 5.91 Å². The maximum absolute atomic E-state index is 11.5. The molecule has 1 aromatic carbocycles. The second-order valence-electron chi connectivity index (χ2n) is 4.09. The number of carbonyl (C=O) groups is 1. The number of hydrogen-bond acceptors (Lipinski definition) is 2. The highest BCUT2D eigenvalue weighted by molar-refractivity contribution is 5.78. The fourth-order valence-electron chi connectivity index (χ4n) is 1.41. The van der Waals surface area contributed by atoms with Crippen molar-refractivity contribution in [2.45, 2.75) is 12.8 Å². The predicted molar refractivity (Wildman–Crippen MR) is 65.2 cm³/mol. The lowest BCUT2D eigenvalue weighted by Crippen LogP contribution is -2.28. The minimum absolute atomic E-state index is 0.0879. The van der Waals surface area contributed by atoms with Crippen molar-refractivity contribution in [3.8, 4) is 0 Å². The number of benzene rings is 1. The van der Waals surface area contributed by atoms with Crippen LogP contribution in [0, 0.1) is 6.07 Å². The first-order chi connectivity index (χ1) is 7.68. The van der Waals surface area contributed by atoms with Gasteiger partial charge in [-0.15, -0.1) is 0 Å². The predicted octanol–water partition coefficient (Wildman–Crippen LogP) is 1.10. The molecule has 0 aliphatic carbocycles. The van der Waals surface area contributed by atoms with Crippen LogP contribution >= 0.6 is 0 Å². The molecule has 1 radical (unpaired) electrons. The summed E-state index contributed by atoms with van der Waals surface area (Å²) in [7, 11) is 4.06. The molecule has 0 bridgehead atoms. The molecule has 3 heteroatoms. The summed E-state index contributed by atoms with van der Waals surface area (Å²) in [6.45, 7) is 1.75. The Morgan fingerprint density at radius 3 is 2.69 bits per heavy atom. The molecule has 0 saturated heterocycles. The van der Waals surface area contributed by atoms with Gasteiger partial charge >= 0.3 is 0 Å². The zero-order chi connectivity index (χ0) is 11.8. The molecule has 0 atom stereocenters. The monoisotopic (exact) mass is 219 g/mol. The largest absolute Gasteiger partial charge is 0.356 e. The molecular weight excluding hydrogens is 200 g/mol. The van der Waals surface area contributed by atoms with Crippen LogP contribution in [0.3, 0.4) is 0 Å². The molecular formula is C13H19N2O. The van der Waals surface area contributed by atoms with Gasteiger partial charge in [0.1, 0.15) is 0 Å². The maximum Gasteiger partial charge on any atom is 0.224 e. The van der Waals surface area contributed by atoms with Gasteiger partial charge in [-0.2, -0.15) is 0 Å². The Balaban J connectivity index is 2.17. The second-order valence-corrected chi connectivity index (χ2v) is 4.09. The van der Waals surface area contributed by atoms with E-state index in [0.717, 1.165) is 25.1 Å². The molecule has 1 amide bonds. The van der Waals surface area contributed by atoms with E-state index in [1.165, 1.54) is 0 Å². The van der Waals surface area contributed by atoms with E-state index >= 15 is 0 Å². The van der Waals surface area contributed by atoms with Gasteiger partial charge in [0.2, 0.25) is 5.91 Å². The number of carbonyl (C=O) groups excluding carboxylic acids is 1. The third-order valence-corrected chi connectivity index (χ3v) is 2.26. The zero-order valence-corrected chi connectivity index (χ0v) is 9.99. The van der Waals surface area contributed by atoms with Crippen LogP contribution < -0.4 is 5.32 Å². The maximum atomic E-state index is 11.5. The number of nitrogens with zero attached hydrogens (tertiary/aromatic N) is 1. The van der Waals surface area contributed by atoms with Crippen molar-refractivity contribution in [1.29, 1.82) is 0 Å². The molecule has 16 heavy (non-hydrogen) atoms. The van der Waals surface area contributed by atoms with Gasteiger partial charge in [-0.05, 0) is 38.7 Å². The van der Waals surface area contributed by atoms with E-state index in [1.54, 1.807) is 0 Å². The van der Waals surface area contributed by atoms with Crippen molar-refractivity contribution in [2.24, 2.45) is 0 Å². The lowest BCUT2D eigenvalue weighted by molar-refractivity contribution is -0.120. The molecule has 0 aliphatic rings. The van der Waals surface area contributed by atoms with Crippen molar-refractivity contribution in [2.75, 3.05) is 27.2 Å². The van der Waals surface area contributed by atoms with Crippen molar-refractivity contribution in [3.05, 3.63) is 35.9 Å². The normalized spacial score (nSPS) is 10.4. The van der Waals surface area contributed by atoms with Crippen molar-refractivity contribution in [1.82, 2.24) is 10.2 Å². The molecule has 0 fully saturated rings. The highest BCUT2D eigenvalue weighted by Gasteiger charge is 2.01. The van der Waals surface area contributed by atoms with Crippen LogP contribution in [0.2, 0.25) is 0 Å². The quantitative estimate of drug-likeness (QED) is 0.727. The molecule has 0 saturated carbocycles. The summed E-state index contributed by atoms with van der Waals surface area (Å²) in [5.74, 6) is 0.0879. The Labute approximate surface area is 97.5 Å². The number of amides is 1. The number of nitrogens with one attached hydrogen (secondary N) is 1. The summed E-state index contributed by atoms with van der Waals surface area (Å²) in [5.41, 5.74) is 1.03. The molecule has 3 nitrogen and oxygen atoms in total. The molecule has 0 aromatic heterocycles. The molecule has 0 spiro atoms. The Morgan fingerprint density at radius 2 is 2.06 bits per heavy atom. The van der Waals surface area contributed by atoms with Gasteiger partial charge in [0.25, 0.3) is 0 Å². The fourth-order valence-corrected chi connectivity index (χ4v) is 1.41. The third kappa shape index (κ3) is 5.51. The molecule has 0 heterocycles.